The Morgan fingerprint density at radius 2 is 0.969 bits per heavy atom. The van der Waals surface area contributed by atoms with Crippen LogP contribution >= 0.6 is 0 Å². The lowest BCUT2D eigenvalue weighted by Crippen LogP contribution is -2.59. The van der Waals surface area contributed by atoms with Crippen molar-refractivity contribution in [3.63, 3.8) is 0 Å². The second-order valence-corrected chi connectivity index (χ2v) is 14.6. The van der Waals surface area contributed by atoms with E-state index in [1.807, 2.05) is 0 Å². The number of nitrogens with two attached hydrogens (primary N) is 5. The summed E-state index contributed by atoms with van der Waals surface area (Å²) in [6.45, 7) is 2.06. The van der Waals surface area contributed by atoms with Gasteiger partial charge in [0.25, 0.3) is 0 Å². The minimum atomic E-state index is -1.62. The molecule has 6 atom stereocenters. The average Bonchev–Trinajstić information content (AvgIpc) is 3.19. The summed E-state index contributed by atoms with van der Waals surface area (Å²) in [7, 11) is 0. The minimum absolute atomic E-state index is 0.0216. The molecule has 27 nitrogen and oxygen atoms in total. The van der Waals surface area contributed by atoms with Crippen LogP contribution in [0, 0.1) is 5.41 Å². The number of nitrogens with zero attached hydrogens (tertiary/aromatic N) is 1. The standard InChI is InChI=1S/C37H64N14O13/c1-3-7-21(48-36(64)25(12-15-28(54)45-18-30(57)58)51-34(62)23(46-19(2)52)13-16-29(55)56)32(60)50-24(11-14-27(40)53)35(63)49-22(8-4-5-10-26(38)39)33(61)47-20(31(41)59)9-6-17-44-37(42)43/h20-25H,3-18H2,1-2H3,(H3,38,39)(H2,40,53)(H2,41,59)(H,45,54)(H,46,52)(H,47,61)(H,48,64)(H,49,63)(H,50,60)(H,51,62)(H,55,56)(H,57,58)(H4,42,43,44). The van der Waals surface area contributed by atoms with Gasteiger partial charge < -0.3 is 76.1 Å². The van der Waals surface area contributed by atoms with Crippen molar-refractivity contribution in [1.29, 1.82) is 5.41 Å². The average molecular weight is 913 g/mol. The Hall–Kier alpha value is -7.09. The van der Waals surface area contributed by atoms with Gasteiger partial charge in [0.05, 0.1) is 5.84 Å². The first-order chi connectivity index (χ1) is 30.0. The predicted molar refractivity (Wildman–Crippen MR) is 227 cm³/mol. The van der Waals surface area contributed by atoms with Crippen molar-refractivity contribution >= 4 is 76.9 Å². The lowest BCUT2D eigenvalue weighted by atomic mass is 10.0. The van der Waals surface area contributed by atoms with Gasteiger partial charge in [0, 0.05) is 39.2 Å². The Balaban J connectivity index is 6.57. The number of hydrogen-bond donors (Lipinski definition) is 15. The number of amides is 9. The zero-order valence-corrected chi connectivity index (χ0v) is 36.0. The second-order valence-electron chi connectivity index (χ2n) is 14.6. The van der Waals surface area contributed by atoms with Crippen LogP contribution < -0.4 is 65.9 Å². The van der Waals surface area contributed by atoms with Crippen LogP contribution in [0.4, 0.5) is 0 Å². The fourth-order valence-corrected chi connectivity index (χ4v) is 5.79. The summed E-state index contributed by atoms with van der Waals surface area (Å²) in [5.74, 6) is -11.1. The Labute approximate surface area is 368 Å². The number of guanidine groups is 1. The van der Waals surface area contributed by atoms with Crippen LogP contribution in [0.2, 0.25) is 0 Å². The van der Waals surface area contributed by atoms with Crippen molar-refractivity contribution in [2.24, 2.45) is 33.7 Å². The molecule has 6 unspecified atom stereocenters. The Morgan fingerprint density at radius 3 is 1.39 bits per heavy atom. The number of aliphatic carboxylic acids is 2. The number of nitrogens with one attached hydrogen (secondary N) is 8. The molecule has 0 saturated carbocycles. The third-order valence-corrected chi connectivity index (χ3v) is 9.02. The molecule has 0 bridgehead atoms. The number of carboxylic acids is 2. The molecule has 0 aliphatic heterocycles. The predicted octanol–water partition coefficient (Wildman–Crippen LogP) is -5.14. The molecular formula is C37H64N14O13. The summed E-state index contributed by atoms with van der Waals surface area (Å²) in [5, 5.41) is 42.1. The van der Waals surface area contributed by atoms with Crippen LogP contribution in [0.5, 0.6) is 0 Å². The van der Waals surface area contributed by atoms with Crippen molar-refractivity contribution in [3.8, 4) is 0 Å². The maximum Gasteiger partial charge on any atom is 0.322 e. The largest absolute Gasteiger partial charge is 0.481 e. The van der Waals surface area contributed by atoms with E-state index in [2.05, 4.69) is 42.2 Å². The van der Waals surface area contributed by atoms with Crippen LogP contribution in [0.25, 0.3) is 0 Å². The zero-order valence-electron chi connectivity index (χ0n) is 36.0. The smallest absolute Gasteiger partial charge is 0.322 e. The van der Waals surface area contributed by atoms with Crippen LogP contribution in [0.3, 0.4) is 0 Å². The molecule has 0 aromatic rings. The summed E-state index contributed by atoms with van der Waals surface area (Å²) >= 11 is 0. The van der Waals surface area contributed by atoms with Gasteiger partial charge in [-0.25, -0.2) is 0 Å². The topological polar surface area (TPSA) is 479 Å². The van der Waals surface area contributed by atoms with Gasteiger partial charge in [-0.3, -0.25) is 63.1 Å². The monoisotopic (exact) mass is 912 g/mol. The number of hydrogen-bond acceptors (Lipinski definition) is 13. The first-order valence-electron chi connectivity index (χ1n) is 20.4. The highest BCUT2D eigenvalue weighted by molar-refractivity contribution is 5.97. The molecule has 0 fully saturated rings. The molecule has 0 aliphatic rings. The van der Waals surface area contributed by atoms with Crippen LogP contribution in [-0.2, 0) is 52.7 Å². The molecule has 0 radical (unpaired) electrons. The molecule has 27 heteroatoms. The van der Waals surface area contributed by atoms with E-state index >= 15 is 0 Å². The van der Waals surface area contributed by atoms with Gasteiger partial charge in [0.1, 0.15) is 42.8 Å². The van der Waals surface area contributed by atoms with E-state index < -0.39 is 146 Å². The summed E-state index contributed by atoms with van der Waals surface area (Å²) in [6, 6.07) is -8.63. The van der Waals surface area contributed by atoms with Gasteiger partial charge in [-0.05, 0) is 51.4 Å². The lowest BCUT2D eigenvalue weighted by molar-refractivity contribution is -0.138. The van der Waals surface area contributed by atoms with Crippen LogP contribution in [0.15, 0.2) is 4.99 Å². The summed E-state index contributed by atoms with van der Waals surface area (Å²) in [6.07, 6.45) is -1.64. The van der Waals surface area contributed by atoms with Crippen LogP contribution in [0.1, 0.15) is 104 Å². The van der Waals surface area contributed by atoms with E-state index in [1.165, 1.54) is 0 Å². The molecule has 20 N–H and O–H groups in total. The highest BCUT2D eigenvalue weighted by atomic mass is 16.4. The van der Waals surface area contributed by atoms with Crippen molar-refractivity contribution in [1.82, 2.24) is 37.2 Å². The number of unbranched alkanes of at least 4 members (excludes halogenated alkanes) is 1. The van der Waals surface area contributed by atoms with Crippen molar-refractivity contribution in [3.05, 3.63) is 0 Å². The number of carboxylic acid groups (broad SMARTS) is 2. The zero-order chi connectivity index (χ0) is 48.9. The molecule has 0 spiro atoms. The van der Waals surface area contributed by atoms with E-state index in [0.717, 1.165) is 6.92 Å². The molecule has 0 rings (SSSR count). The number of carbonyl (C=O) groups excluding carboxylic acids is 9. The number of aliphatic imine (C=N–C) groups is 1. The summed E-state index contributed by atoms with van der Waals surface area (Å²) in [4.78, 5) is 142. The first-order valence-corrected chi connectivity index (χ1v) is 20.4. The Bertz CT molecular complexity index is 1710. The van der Waals surface area contributed by atoms with Gasteiger partial charge >= 0.3 is 11.9 Å². The quantitative estimate of drug-likeness (QED) is 0.0163. The molecular weight excluding hydrogens is 848 g/mol. The SMILES string of the molecule is CCCC(NC(=O)C(CCC(=O)NCC(=O)O)NC(=O)C(CCC(=O)O)NC(C)=O)C(=O)NC(CCC(N)=O)C(=O)NC(CCCCC(=N)N)C(=O)NC(CCCN=C(N)N)C(N)=O. The highest BCUT2D eigenvalue weighted by Crippen LogP contribution is 2.10. The highest BCUT2D eigenvalue weighted by Gasteiger charge is 2.33. The maximum atomic E-state index is 13.8. The molecule has 0 aromatic carbocycles. The molecule has 9 amide bonds. The van der Waals surface area contributed by atoms with Gasteiger partial charge in [0.15, 0.2) is 5.96 Å². The third kappa shape index (κ3) is 26.3. The summed E-state index contributed by atoms with van der Waals surface area (Å²) in [5.41, 5.74) is 27.0. The first kappa shape index (κ1) is 56.9. The van der Waals surface area contributed by atoms with Crippen LogP contribution in [-0.4, -0.2) is 136 Å². The van der Waals surface area contributed by atoms with E-state index in [1.54, 1.807) is 6.92 Å². The van der Waals surface area contributed by atoms with Crippen molar-refractivity contribution < 1.29 is 63.0 Å². The Kier molecular flexibility index (Phi) is 27.4. The van der Waals surface area contributed by atoms with Gasteiger partial charge in [-0.2, -0.15) is 0 Å². The van der Waals surface area contributed by atoms with E-state index in [9.17, 15) is 52.7 Å². The Morgan fingerprint density at radius 1 is 0.531 bits per heavy atom. The maximum absolute atomic E-state index is 13.8. The van der Waals surface area contributed by atoms with Gasteiger partial charge in [0.2, 0.25) is 53.2 Å². The normalized spacial score (nSPS) is 13.4. The number of primary amides is 2. The fourth-order valence-electron chi connectivity index (χ4n) is 5.79. The number of rotatable bonds is 34. The molecule has 360 valence electrons. The van der Waals surface area contributed by atoms with E-state index in [-0.39, 0.29) is 63.3 Å². The second kappa shape index (κ2) is 30.9. The molecule has 0 aliphatic carbocycles. The van der Waals surface area contributed by atoms with E-state index in [0.29, 0.717) is 6.42 Å². The number of amidine groups is 1. The van der Waals surface area contributed by atoms with Crippen molar-refractivity contribution in [2.75, 3.05) is 13.1 Å². The van der Waals surface area contributed by atoms with Crippen molar-refractivity contribution in [2.45, 2.75) is 140 Å². The summed E-state index contributed by atoms with van der Waals surface area (Å²) < 4.78 is 0. The number of carbonyl (C=O) groups is 11. The van der Waals surface area contributed by atoms with E-state index in [4.69, 9.17) is 44.3 Å². The molecule has 0 aromatic heterocycles. The molecule has 0 saturated heterocycles. The lowest BCUT2D eigenvalue weighted by Gasteiger charge is -2.27. The molecule has 0 heterocycles. The molecule has 64 heavy (non-hydrogen) atoms. The third-order valence-electron chi connectivity index (χ3n) is 9.02. The van der Waals surface area contributed by atoms with Gasteiger partial charge in [-0.15, -0.1) is 0 Å². The fraction of sp³-hybridized carbons (Fsp3) is 0.649. The minimum Gasteiger partial charge on any atom is -0.481 e. The van der Waals surface area contributed by atoms with Gasteiger partial charge in [-0.1, -0.05) is 19.8 Å².